The van der Waals surface area contributed by atoms with Gasteiger partial charge in [0.25, 0.3) is 0 Å². The van der Waals surface area contributed by atoms with Crippen LogP contribution in [0.3, 0.4) is 0 Å². The van der Waals surface area contributed by atoms with Crippen LogP contribution in [-0.2, 0) is 5.41 Å². The van der Waals surface area contributed by atoms with E-state index in [0.717, 1.165) is 33.9 Å². The average molecular weight is 601 g/mol. The summed E-state index contributed by atoms with van der Waals surface area (Å²) >= 11 is 0. The molecule has 0 unspecified atom stereocenters. The monoisotopic (exact) mass is 600 g/mol. The first-order valence-electron chi connectivity index (χ1n) is 16.3. The van der Waals surface area contributed by atoms with Crippen LogP contribution in [0.5, 0.6) is 0 Å². The Balaban J connectivity index is 1.26. The van der Waals surface area contributed by atoms with Gasteiger partial charge in [-0.05, 0) is 67.1 Å². The van der Waals surface area contributed by atoms with Crippen molar-refractivity contribution in [1.82, 2.24) is 9.97 Å². The summed E-state index contributed by atoms with van der Waals surface area (Å²) in [5, 5.41) is 4.81. The molecule has 7 aromatic carbocycles. The van der Waals surface area contributed by atoms with Gasteiger partial charge in [-0.15, -0.1) is 0 Å². The van der Waals surface area contributed by atoms with Gasteiger partial charge < -0.3 is 0 Å². The molecule has 0 bridgehead atoms. The number of benzene rings is 7. The second kappa shape index (κ2) is 10.6. The molecule has 47 heavy (non-hydrogen) atoms. The van der Waals surface area contributed by atoms with Crippen molar-refractivity contribution in [2.75, 3.05) is 0 Å². The molecule has 0 amide bonds. The third-order valence-electron chi connectivity index (χ3n) is 9.87. The molecule has 222 valence electrons. The molecule has 1 aliphatic carbocycles. The van der Waals surface area contributed by atoms with E-state index in [1.54, 1.807) is 0 Å². The first kappa shape index (κ1) is 27.5. The molecule has 9 rings (SSSR count). The number of nitrogens with zero attached hydrogens (tertiary/aromatic N) is 2. The van der Waals surface area contributed by atoms with Crippen molar-refractivity contribution < 1.29 is 0 Å². The summed E-state index contributed by atoms with van der Waals surface area (Å²) < 4.78 is 0. The van der Waals surface area contributed by atoms with E-state index in [-0.39, 0.29) is 5.41 Å². The van der Waals surface area contributed by atoms with Crippen LogP contribution >= 0.6 is 0 Å². The molecule has 1 aromatic heterocycles. The lowest BCUT2D eigenvalue weighted by atomic mass is 9.78. The fourth-order valence-corrected chi connectivity index (χ4v) is 7.63. The Morgan fingerprint density at radius 3 is 1.85 bits per heavy atom. The van der Waals surface area contributed by atoms with Gasteiger partial charge in [0.1, 0.15) is 0 Å². The van der Waals surface area contributed by atoms with E-state index in [4.69, 9.17) is 9.97 Å². The molecule has 0 atom stereocenters. The van der Waals surface area contributed by atoms with Crippen LogP contribution < -0.4 is 0 Å². The van der Waals surface area contributed by atoms with Gasteiger partial charge in [-0.1, -0.05) is 159 Å². The molecule has 0 fully saturated rings. The predicted octanol–water partition coefficient (Wildman–Crippen LogP) is 11.8. The van der Waals surface area contributed by atoms with Gasteiger partial charge in [-0.25, -0.2) is 9.97 Å². The minimum atomic E-state index is -0.103. The Morgan fingerprint density at radius 2 is 1.02 bits per heavy atom. The van der Waals surface area contributed by atoms with Crippen LogP contribution in [0, 0.1) is 0 Å². The lowest BCUT2D eigenvalue weighted by Gasteiger charge is -2.25. The molecular weight excluding hydrogens is 569 g/mol. The van der Waals surface area contributed by atoms with E-state index < -0.39 is 0 Å². The second-order valence-electron chi connectivity index (χ2n) is 13.0. The van der Waals surface area contributed by atoms with E-state index in [1.165, 1.54) is 54.9 Å². The number of aromatic nitrogens is 2. The van der Waals surface area contributed by atoms with Gasteiger partial charge in [0.05, 0.1) is 11.4 Å². The van der Waals surface area contributed by atoms with E-state index in [9.17, 15) is 0 Å². The summed E-state index contributed by atoms with van der Waals surface area (Å²) in [6.45, 7) is 4.72. The molecule has 0 N–H and O–H groups in total. The van der Waals surface area contributed by atoms with E-state index in [0.29, 0.717) is 0 Å². The van der Waals surface area contributed by atoms with Crippen LogP contribution in [0.4, 0.5) is 0 Å². The Bertz CT molecular complexity index is 2490. The maximum absolute atomic E-state index is 5.21. The Morgan fingerprint density at radius 1 is 0.404 bits per heavy atom. The molecule has 2 nitrogen and oxygen atoms in total. The highest BCUT2D eigenvalue weighted by atomic mass is 14.9. The first-order valence-corrected chi connectivity index (χ1v) is 16.3. The number of rotatable bonds is 4. The van der Waals surface area contributed by atoms with Crippen LogP contribution in [0.1, 0.15) is 25.0 Å². The lowest BCUT2D eigenvalue weighted by Crippen LogP contribution is -2.16. The molecule has 0 radical (unpaired) electrons. The number of fused-ring (bicyclic) bond motifs is 5. The maximum atomic E-state index is 5.21. The van der Waals surface area contributed by atoms with Crippen LogP contribution in [-0.4, -0.2) is 9.97 Å². The van der Waals surface area contributed by atoms with Gasteiger partial charge in [-0.2, -0.15) is 0 Å². The van der Waals surface area contributed by atoms with Crippen molar-refractivity contribution in [3.05, 3.63) is 169 Å². The van der Waals surface area contributed by atoms with Crippen molar-refractivity contribution in [3.8, 4) is 56.2 Å². The van der Waals surface area contributed by atoms with Gasteiger partial charge in [0, 0.05) is 22.1 Å². The SMILES string of the molecule is CC1(C)c2ccccc2-c2cccc(-c3ccc(-c4cc(-c5ccc6ccccc6c5)nc(-c5ccccc5)n4)c4ccccc34)c21. The summed E-state index contributed by atoms with van der Waals surface area (Å²) in [6, 6.07) is 56.5. The summed E-state index contributed by atoms with van der Waals surface area (Å²) in [4.78, 5) is 10.3. The zero-order chi connectivity index (χ0) is 31.5. The average Bonchev–Trinajstić information content (AvgIpc) is 3.37. The van der Waals surface area contributed by atoms with Gasteiger partial charge in [0.15, 0.2) is 5.82 Å². The Hall–Kier alpha value is -5.86. The molecule has 2 heteroatoms. The predicted molar refractivity (Wildman–Crippen MR) is 196 cm³/mol. The van der Waals surface area contributed by atoms with Gasteiger partial charge in [0.2, 0.25) is 0 Å². The highest BCUT2D eigenvalue weighted by Gasteiger charge is 2.37. The summed E-state index contributed by atoms with van der Waals surface area (Å²) in [5.41, 5.74) is 12.9. The normalized spacial score (nSPS) is 13.1. The van der Waals surface area contributed by atoms with Crippen LogP contribution in [0.25, 0.3) is 77.7 Å². The zero-order valence-corrected chi connectivity index (χ0v) is 26.4. The van der Waals surface area contributed by atoms with Crippen molar-refractivity contribution in [2.24, 2.45) is 0 Å². The largest absolute Gasteiger partial charge is 0.228 e. The minimum Gasteiger partial charge on any atom is -0.228 e. The van der Waals surface area contributed by atoms with Crippen molar-refractivity contribution >= 4 is 21.5 Å². The minimum absolute atomic E-state index is 0.103. The summed E-state index contributed by atoms with van der Waals surface area (Å²) in [5.74, 6) is 0.722. The molecule has 1 heterocycles. The number of hydrogen-bond acceptors (Lipinski definition) is 2. The van der Waals surface area contributed by atoms with Crippen LogP contribution in [0.2, 0.25) is 0 Å². The molecular formula is C45H32N2. The van der Waals surface area contributed by atoms with Crippen molar-refractivity contribution in [2.45, 2.75) is 19.3 Å². The van der Waals surface area contributed by atoms with E-state index >= 15 is 0 Å². The van der Waals surface area contributed by atoms with Gasteiger partial charge in [-0.3, -0.25) is 0 Å². The van der Waals surface area contributed by atoms with Crippen molar-refractivity contribution in [1.29, 1.82) is 0 Å². The fraction of sp³-hybridized carbons (Fsp3) is 0.0667. The topological polar surface area (TPSA) is 25.8 Å². The smallest absolute Gasteiger partial charge is 0.160 e. The molecule has 0 saturated heterocycles. The molecule has 0 spiro atoms. The quantitative estimate of drug-likeness (QED) is 0.201. The standard InChI is InChI=1S/C45H32N2/c1-45(2)40-22-11-10-19-36(40)39-21-12-20-38(43(39)45)35-25-26-37(34-18-9-8-17-33(34)35)42-28-41(46-44(47-42)30-14-4-3-5-15-30)32-24-23-29-13-6-7-16-31(29)27-32/h3-28H,1-2H3. The lowest BCUT2D eigenvalue weighted by molar-refractivity contribution is 0.662. The number of hydrogen-bond donors (Lipinski definition) is 0. The summed E-state index contributed by atoms with van der Waals surface area (Å²) in [6.07, 6.45) is 0. The third-order valence-corrected chi connectivity index (χ3v) is 9.87. The first-order chi connectivity index (χ1) is 23.1. The molecule has 8 aromatic rings. The highest BCUT2D eigenvalue weighted by molar-refractivity contribution is 6.06. The molecule has 0 saturated carbocycles. The molecule has 0 aliphatic heterocycles. The zero-order valence-electron chi connectivity index (χ0n) is 26.4. The highest BCUT2D eigenvalue weighted by Crippen LogP contribution is 2.53. The fourth-order valence-electron chi connectivity index (χ4n) is 7.63. The van der Waals surface area contributed by atoms with Crippen molar-refractivity contribution in [3.63, 3.8) is 0 Å². The maximum Gasteiger partial charge on any atom is 0.160 e. The van der Waals surface area contributed by atoms with E-state index in [1.807, 2.05) is 18.2 Å². The third kappa shape index (κ3) is 4.40. The molecule has 1 aliphatic rings. The Labute approximate surface area is 275 Å². The van der Waals surface area contributed by atoms with Gasteiger partial charge >= 0.3 is 0 Å². The summed E-state index contributed by atoms with van der Waals surface area (Å²) in [7, 11) is 0. The van der Waals surface area contributed by atoms with E-state index in [2.05, 4.69) is 153 Å². The second-order valence-corrected chi connectivity index (χ2v) is 13.0. The Kier molecular flexibility index (Phi) is 6.20. The van der Waals surface area contributed by atoms with Crippen LogP contribution in [0.15, 0.2) is 158 Å².